The Bertz CT molecular complexity index is 494. The maximum absolute atomic E-state index is 6.18. The van der Waals surface area contributed by atoms with Gasteiger partial charge < -0.3 is 5.73 Å². The minimum absolute atomic E-state index is 0.502. The van der Waals surface area contributed by atoms with Crippen molar-refractivity contribution in [3.63, 3.8) is 0 Å². The van der Waals surface area contributed by atoms with Crippen LogP contribution in [0.2, 0.25) is 5.02 Å². The lowest BCUT2D eigenvalue weighted by Gasteiger charge is -2.08. The van der Waals surface area contributed by atoms with Crippen LogP contribution in [0.15, 0.2) is 30.6 Å². The molecule has 0 radical (unpaired) electrons. The monoisotopic (exact) mass is 233 g/mol. The van der Waals surface area contributed by atoms with Crippen LogP contribution in [0.4, 0.5) is 5.82 Å². The van der Waals surface area contributed by atoms with Gasteiger partial charge in [0.1, 0.15) is 5.82 Å². The molecule has 2 aromatic rings. The minimum atomic E-state index is 0.502. The van der Waals surface area contributed by atoms with Crippen molar-refractivity contribution in [2.45, 2.75) is 13.3 Å². The highest BCUT2D eigenvalue weighted by Crippen LogP contribution is 2.30. The van der Waals surface area contributed by atoms with Gasteiger partial charge in [0, 0.05) is 29.2 Å². The normalized spacial score (nSPS) is 10.4. The van der Waals surface area contributed by atoms with Crippen molar-refractivity contribution in [1.82, 2.24) is 9.97 Å². The highest BCUT2D eigenvalue weighted by atomic mass is 35.5. The van der Waals surface area contributed by atoms with Gasteiger partial charge in [0.2, 0.25) is 0 Å². The Labute approximate surface area is 99.3 Å². The van der Waals surface area contributed by atoms with E-state index in [1.807, 2.05) is 13.0 Å². The lowest BCUT2D eigenvalue weighted by molar-refractivity contribution is 1.04. The highest BCUT2D eigenvalue weighted by Gasteiger charge is 2.09. The molecule has 0 bridgehead atoms. The van der Waals surface area contributed by atoms with Crippen molar-refractivity contribution in [2.24, 2.45) is 0 Å². The van der Waals surface area contributed by atoms with Gasteiger partial charge in [-0.1, -0.05) is 18.5 Å². The first-order valence-corrected chi connectivity index (χ1v) is 5.45. The van der Waals surface area contributed by atoms with Gasteiger partial charge in [-0.2, -0.15) is 0 Å². The predicted molar refractivity (Wildman–Crippen MR) is 66.3 cm³/mol. The zero-order valence-electron chi connectivity index (χ0n) is 8.94. The summed E-state index contributed by atoms with van der Waals surface area (Å²) < 4.78 is 0. The third-order valence-electron chi connectivity index (χ3n) is 2.39. The van der Waals surface area contributed by atoms with Crippen LogP contribution in [-0.4, -0.2) is 9.97 Å². The van der Waals surface area contributed by atoms with Crippen LogP contribution in [0.3, 0.4) is 0 Å². The van der Waals surface area contributed by atoms with E-state index in [-0.39, 0.29) is 0 Å². The molecular formula is C12H12ClN3. The molecule has 3 nitrogen and oxygen atoms in total. The molecule has 2 aromatic heterocycles. The Hall–Kier alpha value is -1.61. The molecule has 0 saturated heterocycles. The lowest BCUT2D eigenvalue weighted by atomic mass is 10.0. The molecule has 0 aliphatic heterocycles. The van der Waals surface area contributed by atoms with Gasteiger partial charge >= 0.3 is 0 Å². The van der Waals surface area contributed by atoms with Crippen LogP contribution < -0.4 is 5.73 Å². The van der Waals surface area contributed by atoms with Crippen LogP contribution in [0.5, 0.6) is 0 Å². The molecule has 0 saturated carbocycles. The molecule has 82 valence electrons. The van der Waals surface area contributed by atoms with E-state index < -0.39 is 0 Å². The minimum Gasteiger partial charge on any atom is -0.384 e. The Morgan fingerprint density at radius 1 is 1.25 bits per heavy atom. The van der Waals surface area contributed by atoms with Crippen LogP contribution >= 0.6 is 11.6 Å². The van der Waals surface area contributed by atoms with Gasteiger partial charge in [-0.15, -0.1) is 0 Å². The molecule has 2 N–H and O–H groups in total. The summed E-state index contributed by atoms with van der Waals surface area (Å²) in [4.78, 5) is 8.38. The van der Waals surface area contributed by atoms with Crippen LogP contribution in [-0.2, 0) is 6.42 Å². The summed E-state index contributed by atoms with van der Waals surface area (Å²) in [7, 11) is 0. The molecule has 0 unspecified atom stereocenters. The van der Waals surface area contributed by atoms with Crippen LogP contribution in [0.25, 0.3) is 11.1 Å². The summed E-state index contributed by atoms with van der Waals surface area (Å²) in [5.41, 5.74) is 8.42. The summed E-state index contributed by atoms with van der Waals surface area (Å²) >= 11 is 6.18. The van der Waals surface area contributed by atoms with Crippen molar-refractivity contribution in [2.75, 3.05) is 5.73 Å². The average molecular weight is 234 g/mol. The number of rotatable bonds is 2. The summed E-state index contributed by atoms with van der Waals surface area (Å²) in [6.45, 7) is 2.05. The lowest BCUT2D eigenvalue weighted by Crippen LogP contribution is -1.95. The molecule has 0 amide bonds. The second-order valence-electron chi connectivity index (χ2n) is 3.44. The Balaban J connectivity index is 2.58. The fourth-order valence-corrected chi connectivity index (χ4v) is 1.88. The van der Waals surface area contributed by atoms with E-state index in [0.29, 0.717) is 10.8 Å². The molecule has 0 atom stereocenters. The molecular weight excluding hydrogens is 222 g/mol. The standard InChI is InChI=1S/C12H12ClN3/c1-2-10-12(9(13)5-6-15-10)8-3-4-11(14)16-7-8/h3-7H,2H2,1H3,(H2,14,16). The van der Waals surface area contributed by atoms with E-state index in [2.05, 4.69) is 9.97 Å². The number of aromatic nitrogens is 2. The molecule has 2 heterocycles. The molecule has 0 fully saturated rings. The summed E-state index contributed by atoms with van der Waals surface area (Å²) in [6, 6.07) is 5.45. The van der Waals surface area contributed by atoms with Crippen molar-refractivity contribution >= 4 is 17.4 Å². The number of nitrogen functional groups attached to an aromatic ring is 1. The molecule has 0 aliphatic rings. The van der Waals surface area contributed by atoms with Gasteiger partial charge in [0.05, 0.1) is 5.02 Å². The average Bonchev–Trinajstić information content (AvgIpc) is 2.30. The number of pyridine rings is 2. The summed E-state index contributed by atoms with van der Waals surface area (Å²) in [5, 5.41) is 0.693. The Morgan fingerprint density at radius 2 is 2.06 bits per heavy atom. The molecule has 0 aliphatic carbocycles. The molecule has 0 aromatic carbocycles. The second kappa shape index (κ2) is 4.49. The van der Waals surface area contributed by atoms with Crippen LogP contribution in [0, 0.1) is 0 Å². The third-order valence-corrected chi connectivity index (χ3v) is 2.70. The first kappa shape index (κ1) is 10.9. The number of nitrogens with zero attached hydrogens (tertiary/aromatic N) is 2. The fourth-order valence-electron chi connectivity index (χ4n) is 1.60. The van der Waals surface area contributed by atoms with Gasteiger partial charge in [-0.25, -0.2) is 4.98 Å². The number of anilines is 1. The molecule has 2 rings (SSSR count). The first-order valence-electron chi connectivity index (χ1n) is 5.07. The summed E-state index contributed by atoms with van der Waals surface area (Å²) in [6.07, 6.45) is 4.27. The van der Waals surface area contributed by atoms with E-state index in [0.717, 1.165) is 23.2 Å². The van der Waals surface area contributed by atoms with Gasteiger partial charge in [-0.3, -0.25) is 4.98 Å². The number of aryl methyl sites for hydroxylation is 1. The molecule has 0 spiro atoms. The van der Waals surface area contributed by atoms with Crippen molar-refractivity contribution in [3.8, 4) is 11.1 Å². The zero-order valence-corrected chi connectivity index (χ0v) is 9.70. The van der Waals surface area contributed by atoms with E-state index >= 15 is 0 Å². The number of halogens is 1. The molecule has 16 heavy (non-hydrogen) atoms. The van der Waals surface area contributed by atoms with E-state index in [1.165, 1.54) is 0 Å². The summed E-state index contributed by atoms with van der Waals surface area (Å²) in [5.74, 6) is 0.502. The maximum Gasteiger partial charge on any atom is 0.123 e. The SMILES string of the molecule is CCc1nccc(Cl)c1-c1ccc(N)nc1. The Kier molecular flexibility index (Phi) is 3.06. The van der Waals surface area contributed by atoms with Crippen molar-refractivity contribution in [3.05, 3.63) is 41.3 Å². The topological polar surface area (TPSA) is 51.8 Å². The van der Waals surface area contributed by atoms with Gasteiger partial charge in [-0.05, 0) is 24.6 Å². The predicted octanol–water partition coefficient (Wildman–Crippen LogP) is 2.94. The Morgan fingerprint density at radius 3 is 2.69 bits per heavy atom. The van der Waals surface area contributed by atoms with E-state index in [4.69, 9.17) is 17.3 Å². The molecule has 4 heteroatoms. The second-order valence-corrected chi connectivity index (χ2v) is 3.85. The maximum atomic E-state index is 6.18. The number of hydrogen-bond acceptors (Lipinski definition) is 3. The number of nitrogens with two attached hydrogens (primary N) is 1. The smallest absolute Gasteiger partial charge is 0.123 e. The van der Waals surface area contributed by atoms with Gasteiger partial charge in [0.15, 0.2) is 0 Å². The number of hydrogen-bond donors (Lipinski definition) is 1. The van der Waals surface area contributed by atoms with Crippen molar-refractivity contribution in [1.29, 1.82) is 0 Å². The van der Waals surface area contributed by atoms with E-state index in [9.17, 15) is 0 Å². The highest BCUT2D eigenvalue weighted by molar-refractivity contribution is 6.33. The van der Waals surface area contributed by atoms with Crippen LogP contribution in [0.1, 0.15) is 12.6 Å². The largest absolute Gasteiger partial charge is 0.384 e. The zero-order chi connectivity index (χ0) is 11.5. The third kappa shape index (κ3) is 1.99. The van der Waals surface area contributed by atoms with E-state index in [1.54, 1.807) is 24.5 Å². The van der Waals surface area contributed by atoms with Crippen molar-refractivity contribution < 1.29 is 0 Å². The first-order chi connectivity index (χ1) is 7.72. The quantitative estimate of drug-likeness (QED) is 0.868. The van der Waals surface area contributed by atoms with Gasteiger partial charge in [0.25, 0.3) is 0 Å². The fraction of sp³-hybridized carbons (Fsp3) is 0.167.